The van der Waals surface area contributed by atoms with Crippen LogP contribution in [0.1, 0.15) is 9.60 Å². The van der Waals surface area contributed by atoms with Gasteiger partial charge in [0.05, 0.1) is 48.4 Å². The molecule has 11 aromatic carbocycles. The van der Waals surface area contributed by atoms with Crippen molar-refractivity contribution in [3.05, 3.63) is 261 Å². The molecule has 3 heterocycles. The minimum atomic E-state index is -0.436. The van der Waals surface area contributed by atoms with Crippen molar-refractivity contribution >= 4 is 65.4 Å². The molecule has 0 radical (unpaired) electrons. The van der Waals surface area contributed by atoms with Crippen LogP contribution in [-0.4, -0.2) is 13.7 Å². The van der Waals surface area contributed by atoms with Crippen LogP contribution in [0.5, 0.6) is 0 Å². The highest BCUT2D eigenvalue weighted by Crippen LogP contribution is 2.43. The summed E-state index contributed by atoms with van der Waals surface area (Å²) in [5, 5.41) is 4.06. The van der Waals surface area contributed by atoms with E-state index in [1.807, 2.05) is 115 Å². The fourth-order valence-electron chi connectivity index (χ4n) is 10.6. The molecule has 3 nitrogen and oxygen atoms in total. The van der Waals surface area contributed by atoms with Crippen LogP contribution in [0.2, 0.25) is 0 Å². The predicted molar refractivity (Wildman–Crippen MR) is 291 cm³/mol. The summed E-state index contributed by atoms with van der Waals surface area (Å²) in [5.41, 5.74) is 13.8. The second-order valence-electron chi connectivity index (χ2n) is 17.5. The summed E-state index contributed by atoms with van der Waals surface area (Å²) >= 11 is 0. The first-order valence-corrected chi connectivity index (χ1v) is 23.2. The van der Waals surface area contributed by atoms with Gasteiger partial charge in [0.1, 0.15) is 0 Å². The van der Waals surface area contributed by atoms with Crippen molar-refractivity contribution in [2.45, 2.75) is 0 Å². The highest BCUT2D eigenvalue weighted by atomic mass is 15.0. The van der Waals surface area contributed by atoms with Crippen LogP contribution in [0.25, 0.3) is 127 Å². The van der Waals surface area contributed by atoms with E-state index >= 15 is 0 Å². The molecule has 0 N–H and O–H groups in total. The van der Waals surface area contributed by atoms with E-state index < -0.39 is 12.1 Å². The maximum atomic E-state index is 10.2. The Balaban J connectivity index is 1.01. The summed E-state index contributed by atoms with van der Waals surface area (Å²) < 4.78 is 73.1. The van der Waals surface area contributed by atoms with Gasteiger partial charge < -0.3 is 13.7 Å². The Morgan fingerprint density at radius 2 is 0.841 bits per heavy atom. The van der Waals surface area contributed by atoms with Gasteiger partial charge in [0.25, 0.3) is 0 Å². The number of para-hydroxylation sites is 3. The molecule has 14 aromatic rings. The number of aromatic nitrogens is 3. The van der Waals surface area contributed by atoms with Gasteiger partial charge in [-0.25, -0.2) is 0 Å². The number of rotatable bonds is 7. The normalized spacial score (nSPS) is 13.2. The molecule has 0 bridgehead atoms. The largest absolute Gasteiger partial charge is 0.309 e. The number of hydrogen-bond donors (Lipinski definition) is 0. The van der Waals surface area contributed by atoms with E-state index in [9.17, 15) is 6.85 Å². The maximum Gasteiger partial charge on any atom is 0.0645 e. The Labute approximate surface area is 409 Å². The van der Waals surface area contributed by atoms with Crippen molar-refractivity contribution in [3.8, 4) is 61.6 Å². The first-order valence-electron chi connectivity index (χ1n) is 26.7. The van der Waals surface area contributed by atoms with Gasteiger partial charge in [-0.1, -0.05) is 182 Å². The van der Waals surface area contributed by atoms with E-state index in [0.717, 1.165) is 88.4 Å². The maximum absolute atomic E-state index is 10.2. The predicted octanol–water partition coefficient (Wildman–Crippen LogP) is 17.6. The lowest BCUT2D eigenvalue weighted by Gasteiger charge is -2.14. The van der Waals surface area contributed by atoms with Crippen LogP contribution >= 0.6 is 0 Å². The molecule has 0 amide bonds. The Morgan fingerprint density at radius 3 is 1.65 bits per heavy atom. The second-order valence-corrected chi connectivity index (χ2v) is 17.5. The molecule has 0 fully saturated rings. The topological polar surface area (TPSA) is 14.8 Å². The molecular formula is C66H43N3. The SMILES string of the molecule is [2H]c1c([2H])c([2H])c2c(c1[2H])c1c([2H])c(-c3ccc4c(c3)c3c(-c5ccccc5)cccc3n4-c3ccc(-c4ccccc4)cc3)c([2H])c([2H])c1n2-c1ccc2c(c1)c1ccccc1n2-c1ccccc1-c1ccccc1. The van der Waals surface area contributed by atoms with Gasteiger partial charge in [0.2, 0.25) is 0 Å². The van der Waals surface area contributed by atoms with Crippen molar-refractivity contribution in [1.29, 1.82) is 0 Å². The third-order valence-electron chi connectivity index (χ3n) is 13.7. The third kappa shape index (κ3) is 6.21. The number of nitrogens with zero attached hydrogens (tertiary/aromatic N) is 3. The molecule has 14 rings (SSSR count). The smallest absolute Gasteiger partial charge is 0.0645 e. The molecule has 0 saturated heterocycles. The van der Waals surface area contributed by atoms with Crippen molar-refractivity contribution in [3.63, 3.8) is 0 Å². The Bertz CT molecular complexity index is 4690. The molecule has 3 heteroatoms. The van der Waals surface area contributed by atoms with E-state index in [2.05, 4.69) is 112 Å². The lowest BCUT2D eigenvalue weighted by atomic mass is 9.97. The molecule has 322 valence electrons. The van der Waals surface area contributed by atoms with Gasteiger partial charge in [-0.3, -0.25) is 0 Å². The van der Waals surface area contributed by atoms with E-state index in [0.29, 0.717) is 11.3 Å². The molecule has 0 atom stereocenters. The molecule has 3 aromatic heterocycles. The summed E-state index contributed by atoms with van der Waals surface area (Å²) in [6, 6.07) is 72.1. The minimum Gasteiger partial charge on any atom is -0.309 e. The van der Waals surface area contributed by atoms with Gasteiger partial charge in [-0.2, -0.15) is 0 Å². The summed E-state index contributed by atoms with van der Waals surface area (Å²) in [7, 11) is 0. The third-order valence-corrected chi connectivity index (χ3v) is 13.7. The highest BCUT2D eigenvalue weighted by molar-refractivity contribution is 6.17. The molecule has 0 aliphatic heterocycles. The quantitative estimate of drug-likeness (QED) is 0.151. The summed E-state index contributed by atoms with van der Waals surface area (Å²) in [6.45, 7) is 0. The molecule has 0 aliphatic carbocycles. The zero-order valence-electron chi connectivity index (χ0n) is 44.1. The minimum absolute atomic E-state index is 0.0946. The van der Waals surface area contributed by atoms with Gasteiger partial charge in [-0.05, 0) is 118 Å². The fourth-order valence-corrected chi connectivity index (χ4v) is 10.6. The lowest BCUT2D eigenvalue weighted by molar-refractivity contribution is 1.17. The number of benzene rings is 11. The van der Waals surface area contributed by atoms with Crippen LogP contribution < -0.4 is 0 Å². The average molecular weight is 885 g/mol. The second kappa shape index (κ2) is 15.7. The zero-order valence-corrected chi connectivity index (χ0v) is 37.1. The molecular weight excluding hydrogens is 835 g/mol. The van der Waals surface area contributed by atoms with Crippen molar-refractivity contribution in [2.75, 3.05) is 0 Å². The first kappa shape index (κ1) is 32.5. The molecule has 0 aliphatic rings. The molecule has 0 unspecified atom stereocenters. The Hall–Kier alpha value is -9.18. The van der Waals surface area contributed by atoms with Crippen molar-refractivity contribution < 1.29 is 9.60 Å². The Morgan fingerprint density at radius 1 is 0.275 bits per heavy atom. The van der Waals surface area contributed by atoms with E-state index in [1.165, 1.54) is 0 Å². The van der Waals surface area contributed by atoms with Gasteiger partial charge in [-0.15, -0.1) is 0 Å². The van der Waals surface area contributed by atoms with Crippen LogP contribution in [0.15, 0.2) is 261 Å². The van der Waals surface area contributed by atoms with Crippen LogP contribution in [0.4, 0.5) is 0 Å². The van der Waals surface area contributed by atoms with E-state index in [1.54, 1.807) is 4.57 Å². The number of hydrogen-bond acceptors (Lipinski definition) is 0. The summed E-state index contributed by atoms with van der Waals surface area (Å²) in [5.74, 6) is 0. The van der Waals surface area contributed by atoms with Crippen molar-refractivity contribution in [1.82, 2.24) is 13.7 Å². The average Bonchev–Trinajstić information content (AvgIpc) is 4.13. The van der Waals surface area contributed by atoms with Gasteiger partial charge >= 0.3 is 0 Å². The molecule has 69 heavy (non-hydrogen) atoms. The van der Waals surface area contributed by atoms with Gasteiger partial charge in [0.15, 0.2) is 0 Å². The fraction of sp³-hybridized carbons (Fsp3) is 0. The Kier molecular flexibility index (Phi) is 7.40. The van der Waals surface area contributed by atoms with Crippen LogP contribution in [0.3, 0.4) is 0 Å². The van der Waals surface area contributed by atoms with Crippen LogP contribution in [0, 0.1) is 0 Å². The van der Waals surface area contributed by atoms with E-state index in [-0.39, 0.29) is 57.6 Å². The van der Waals surface area contributed by atoms with E-state index in [4.69, 9.17) is 2.74 Å². The van der Waals surface area contributed by atoms with Crippen LogP contribution in [-0.2, 0) is 0 Å². The first-order chi connectivity index (χ1) is 37.2. The lowest BCUT2D eigenvalue weighted by Crippen LogP contribution is -1.98. The standard InChI is InChI=1S/C66H43N3/c1-4-17-44(18-5-1)45-31-35-50(36-32-45)67-64-39-34-49(42-58(64)66-53(26-16-30-65(66)67)47-21-8-3-9-22-47)48-33-38-62-56(41-48)54-24-11-14-28-60(54)68(62)51-37-40-63-57(43-51)55-25-12-15-29-61(55)69(63)59-27-13-10-23-52(59)46-19-6-2-7-20-46/h1-43H/i11D,14D,24D,28D,33D,38D,41D. The monoisotopic (exact) mass is 884 g/mol. The number of fused-ring (bicyclic) bond motifs is 9. The zero-order chi connectivity index (χ0) is 51.5. The van der Waals surface area contributed by atoms with Gasteiger partial charge in [0, 0.05) is 49.3 Å². The van der Waals surface area contributed by atoms with Crippen molar-refractivity contribution in [2.24, 2.45) is 0 Å². The molecule has 0 saturated carbocycles. The summed E-state index contributed by atoms with van der Waals surface area (Å²) in [4.78, 5) is 0. The summed E-state index contributed by atoms with van der Waals surface area (Å²) in [6.07, 6.45) is 0. The molecule has 0 spiro atoms. The highest BCUT2D eigenvalue weighted by Gasteiger charge is 2.21.